The number of hydrazine groups is 1. The van der Waals surface area contributed by atoms with Gasteiger partial charge in [-0.2, -0.15) is 5.26 Å². The van der Waals surface area contributed by atoms with Crippen LogP contribution in [0.15, 0.2) is 30.3 Å². The molecular weight excluding hydrogens is 252 g/mol. The van der Waals surface area contributed by atoms with Crippen LogP contribution < -0.4 is 16.6 Å². The second-order valence-electron chi connectivity index (χ2n) is 3.61. The van der Waals surface area contributed by atoms with Crippen molar-refractivity contribution in [3.63, 3.8) is 0 Å². The number of pyridine rings is 1. The number of aromatic nitrogens is 1. The average molecular weight is 261 g/mol. The predicted octanol–water partition coefficient (Wildman–Crippen LogP) is 2.26. The lowest BCUT2D eigenvalue weighted by atomic mass is 10.2. The van der Waals surface area contributed by atoms with Crippen molar-refractivity contribution in [1.29, 1.82) is 5.26 Å². The SMILES string of the molecule is N#Cc1ccc(Nc2nc(NN)c(F)cc2F)cc1. The number of nitrogens with zero attached hydrogens (tertiary/aromatic N) is 2. The Labute approximate surface area is 107 Å². The third-order valence-electron chi connectivity index (χ3n) is 2.34. The Morgan fingerprint density at radius 3 is 2.32 bits per heavy atom. The van der Waals surface area contributed by atoms with Crippen molar-refractivity contribution in [3.8, 4) is 6.07 Å². The molecule has 2 rings (SSSR count). The van der Waals surface area contributed by atoms with Gasteiger partial charge in [0, 0.05) is 11.8 Å². The van der Waals surface area contributed by atoms with Crippen LogP contribution in [0.2, 0.25) is 0 Å². The first-order valence-corrected chi connectivity index (χ1v) is 5.24. The summed E-state index contributed by atoms with van der Waals surface area (Å²) < 4.78 is 26.7. The van der Waals surface area contributed by atoms with Crippen LogP contribution in [-0.2, 0) is 0 Å². The fourth-order valence-corrected chi connectivity index (χ4v) is 1.42. The number of anilines is 3. The lowest BCUT2D eigenvalue weighted by Gasteiger charge is -2.09. The van der Waals surface area contributed by atoms with Crippen molar-refractivity contribution < 1.29 is 8.78 Å². The van der Waals surface area contributed by atoms with Gasteiger partial charge in [0.05, 0.1) is 11.6 Å². The van der Waals surface area contributed by atoms with Crippen LogP contribution >= 0.6 is 0 Å². The minimum absolute atomic E-state index is 0.168. The monoisotopic (exact) mass is 261 g/mol. The van der Waals surface area contributed by atoms with E-state index in [1.807, 2.05) is 11.5 Å². The van der Waals surface area contributed by atoms with Gasteiger partial charge in [-0.3, -0.25) is 0 Å². The summed E-state index contributed by atoms with van der Waals surface area (Å²) in [6.07, 6.45) is 0. The summed E-state index contributed by atoms with van der Waals surface area (Å²) in [7, 11) is 0. The molecule has 0 bridgehead atoms. The Balaban J connectivity index is 2.29. The van der Waals surface area contributed by atoms with Gasteiger partial charge in [0.1, 0.15) is 0 Å². The van der Waals surface area contributed by atoms with Gasteiger partial charge in [-0.05, 0) is 24.3 Å². The average Bonchev–Trinajstić information content (AvgIpc) is 2.42. The molecule has 5 nitrogen and oxygen atoms in total. The van der Waals surface area contributed by atoms with Gasteiger partial charge in [0.15, 0.2) is 23.3 Å². The molecule has 1 aromatic heterocycles. The van der Waals surface area contributed by atoms with E-state index < -0.39 is 11.6 Å². The largest absolute Gasteiger partial charge is 0.338 e. The molecule has 0 saturated heterocycles. The molecule has 2 aromatic rings. The molecule has 0 atom stereocenters. The standard InChI is InChI=1S/C12H9F2N5/c13-9-5-10(14)12(19-16)18-11(9)17-8-3-1-7(6-15)2-4-8/h1-5H,16H2,(H2,17,18,19). The van der Waals surface area contributed by atoms with Crippen LogP contribution in [0.5, 0.6) is 0 Å². The highest BCUT2D eigenvalue weighted by atomic mass is 19.1. The second kappa shape index (κ2) is 5.29. The van der Waals surface area contributed by atoms with Gasteiger partial charge in [-0.25, -0.2) is 19.6 Å². The molecule has 0 aliphatic rings. The molecule has 7 heteroatoms. The first kappa shape index (κ1) is 12.7. The van der Waals surface area contributed by atoms with Gasteiger partial charge in [0.25, 0.3) is 0 Å². The molecule has 19 heavy (non-hydrogen) atoms. The minimum Gasteiger partial charge on any atom is -0.338 e. The van der Waals surface area contributed by atoms with Crippen LogP contribution in [0.25, 0.3) is 0 Å². The quantitative estimate of drug-likeness (QED) is 0.582. The van der Waals surface area contributed by atoms with Crippen LogP contribution in [0.1, 0.15) is 5.56 Å². The van der Waals surface area contributed by atoms with Gasteiger partial charge < -0.3 is 10.7 Å². The number of halogens is 2. The molecule has 0 aliphatic heterocycles. The van der Waals surface area contributed by atoms with Crippen molar-refractivity contribution in [3.05, 3.63) is 47.5 Å². The number of nitrogen functional groups attached to an aromatic ring is 1. The lowest BCUT2D eigenvalue weighted by Crippen LogP contribution is -2.12. The fraction of sp³-hybridized carbons (Fsp3) is 0. The minimum atomic E-state index is -0.884. The van der Waals surface area contributed by atoms with Gasteiger partial charge in [-0.1, -0.05) is 0 Å². The number of rotatable bonds is 3. The zero-order valence-corrected chi connectivity index (χ0v) is 9.61. The lowest BCUT2D eigenvalue weighted by molar-refractivity contribution is 0.579. The van der Waals surface area contributed by atoms with Crippen LogP contribution in [0.3, 0.4) is 0 Å². The van der Waals surface area contributed by atoms with Crippen molar-refractivity contribution in [1.82, 2.24) is 4.98 Å². The summed E-state index contributed by atoms with van der Waals surface area (Å²) in [5.41, 5.74) is 3.02. The number of nitrogens with two attached hydrogens (primary N) is 1. The zero-order valence-electron chi connectivity index (χ0n) is 9.61. The van der Waals surface area contributed by atoms with E-state index in [9.17, 15) is 8.78 Å². The molecule has 1 aromatic carbocycles. The highest BCUT2D eigenvalue weighted by molar-refractivity contribution is 5.59. The fourth-order valence-electron chi connectivity index (χ4n) is 1.42. The molecule has 0 fully saturated rings. The normalized spacial score (nSPS) is 9.79. The van der Waals surface area contributed by atoms with Crippen LogP contribution in [0, 0.1) is 23.0 Å². The second-order valence-corrected chi connectivity index (χ2v) is 3.61. The maximum atomic E-state index is 13.5. The molecule has 1 heterocycles. The molecule has 0 radical (unpaired) electrons. The predicted molar refractivity (Wildman–Crippen MR) is 66.4 cm³/mol. The Hall–Kier alpha value is -2.72. The van der Waals surface area contributed by atoms with E-state index in [2.05, 4.69) is 10.3 Å². The van der Waals surface area contributed by atoms with E-state index in [1.165, 1.54) is 0 Å². The third-order valence-corrected chi connectivity index (χ3v) is 2.34. The highest BCUT2D eigenvalue weighted by Crippen LogP contribution is 2.22. The van der Waals surface area contributed by atoms with E-state index in [1.54, 1.807) is 24.3 Å². The summed E-state index contributed by atoms with van der Waals surface area (Å²) in [5, 5.41) is 11.3. The Kier molecular flexibility index (Phi) is 3.54. The van der Waals surface area contributed by atoms with Crippen LogP contribution in [0.4, 0.5) is 26.1 Å². The van der Waals surface area contributed by atoms with Crippen LogP contribution in [-0.4, -0.2) is 4.98 Å². The Morgan fingerprint density at radius 2 is 1.74 bits per heavy atom. The van der Waals surface area contributed by atoms with Gasteiger partial charge in [0.2, 0.25) is 0 Å². The molecule has 0 saturated carbocycles. The first-order valence-electron chi connectivity index (χ1n) is 5.24. The number of benzene rings is 1. The number of hydrogen-bond acceptors (Lipinski definition) is 5. The molecule has 0 spiro atoms. The molecular formula is C12H9F2N5. The van der Waals surface area contributed by atoms with E-state index in [4.69, 9.17) is 11.1 Å². The van der Waals surface area contributed by atoms with E-state index in [0.29, 0.717) is 17.3 Å². The van der Waals surface area contributed by atoms with Gasteiger partial charge in [-0.15, -0.1) is 0 Å². The summed E-state index contributed by atoms with van der Waals surface area (Å²) in [4.78, 5) is 3.67. The van der Waals surface area contributed by atoms with E-state index in [0.717, 1.165) is 0 Å². The maximum Gasteiger partial charge on any atom is 0.178 e. The van der Waals surface area contributed by atoms with E-state index >= 15 is 0 Å². The molecule has 0 aliphatic carbocycles. The zero-order chi connectivity index (χ0) is 13.8. The van der Waals surface area contributed by atoms with Crippen molar-refractivity contribution in [2.45, 2.75) is 0 Å². The first-order chi connectivity index (χ1) is 9.13. The maximum absolute atomic E-state index is 13.5. The smallest absolute Gasteiger partial charge is 0.178 e. The molecule has 0 unspecified atom stereocenters. The summed E-state index contributed by atoms with van der Waals surface area (Å²) in [6, 6.07) is 8.92. The number of hydrogen-bond donors (Lipinski definition) is 3. The van der Waals surface area contributed by atoms with Crippen molar-refractivity contribution in [2.24, 2.45) is 5.84 Å². The molecule has 4 N–H and O–H groups in total. The molecule has 96 valence electrons. The molecule has 0 amide bonds. The Bertz CT molecular complexity index is 634. The number of nitriles is 1. The third kappa shape index (κ3) is 2.75. The number of nitrogens with one attached hydrogen (secondary N) is 2. The van der Waals surface area contributed by atoms with E-state index in [-0.39, 0.29) is 11.6 Å². The van der Waals surface area contributed by atoms with Gasteiger partial charge >= 0.3 is 0 Å². The van der Waals surface area contributed by atoms with Crippen molar-refractivity contribution in [2.75, 3.05) is 10.7 Å². The van der Waals surface area contributed by atoms with Crippen molar-refractivity contribution >= 4 is 17.3 Å². The summed E-state index contributed by atoms with van der Waals surface area (Å²) in [5.74, 6) is 2.90. The summed E-state index contributed by atoms with van der Waals surface area (Å²) in [6.45, 7) is 0. The summed E-state index contributed by atoms with van der Waals surface area (Å²) >= 11 is 0. The topological polar surface area (TPSA) is 86.8 Å². The Morgan fingerprint density at radius 1 is 1.11 bits per heavy atom. The highest BCUT2D eigenvalue weighted by Gasteiger charge is 2.11.